The van der Waals surface area contributed by atoms with Crippen molar-refractivity contribution < 1.29 is 73.6 Å². The number of hydroxylamine groups is 2. The molecule has 0 saturated carbocycles. The highest BCUT2D eigenvalue weighted by Gasteiger charge is 2.30. The maximum absolute atomic E-state index is 13.9. The van der Waals surface area contributed by atoms with Gasteiger partial charge in [0.1, 0.15) is 16.6 Å². The molecule has 1 aromatic heterocycles. The van der Waals surface area contributed by atoms with Gasteiger partial charge in [0.25, 0.3) is 5.91 Å². The van der Waals surface area contributed by atoms with Crippen molar-refractivity contribution in [1.29, 1.82) is 0 Å². The van der Waals surface area contributed by atoms with Crippen LogP contribution in [0, 0.1) is 23.3 Å². The van der Waals surface area contributed by atoms with Crippen molar-refractivity contribution in [1.82, 2.24) is 20.3 Å². The molecule has 350 valence electrons. The van der Waals surface area contributed by atoms with Gasteiger partial charge in [0.05, 0.1) is 91.3 Å². The summed E-state index contributed by atoms with van der Waals surface area (Å²) in [6.45, 7) is 6.40. The number of hydrogen-bond acceptors (Lipinski definition) is 16. The monoisotopic (exact) mass is 926 g/mol. The predicted molar refractivity (Wildman–Crippen MR) is 221 cm³/mol. The van der Waals surface area contributed by atoms with Gasteiger partial charge in [-0.05, 0) is 31.1 Å². The third-order valence-corrected chi connectivity index (χ3v) is 9.46. The van der Waals surface area contributed by atoms with Crippen LogP contribution in [0.5, 0.6) is 5.75 Å². The van der Waals surface area contributed by atoms with Crippen molar-refractivity contribution in [3.05, 3.63) is 70.8 Å². The van der Waals surface area contributed by atoms with Gasteiger partial charge >= 0.3 is 5.97 Å². The number of nitrogens with one attached hydrogen (secondary N) is 1. The zero-order chi connectivity index (χ0) is 46.4. The summed E-state index contributed by atoms with van der Waals surface area (Å²) in [7, 11) is -3.99. The zero-order valence-corrected chi connectivity index (χ0v) is 36.1. The molecule has 18 nitrogen and oxygen atoms in total. The van der Waals surface area contributed by atoms with Crippen molar-refractivity contribution in [3.63, 3.8) is 0 Å². The van der Waals surface area contributed by atoms with Crippen LogP contribution in [0.2, 0.25) is 0 Å². The van der Waals surface area contributed by atoms with Crippen LogP contribution in [-0.2, 0) is 60.2 Å². The third-order valence-electron chi connectivity index (χ3n) is 8.70. The van der Waals surface area contributed by atoms with Crippen LogP contribution >= 0.6 is 0 Å². The number of hydrogen-bond donors (Lipinski definition) is 3. The second-order valence-electron chi connectivity index (χ2n) is 13.4. The first kappa shape index (κ1) is 51.2. The number of thiol groups is 1. The Bertz CT molecular complexity index is 2150. The van der Waals surface area contributed by atoms with Gasteiger partial charge in [-0.25, -0.2) is 37.2 Å². The van der Waals surface area contributed by atoms with Gasteiger partial charge in [-0.15, -0.1) is 0 Å². The Morgan fingerprint density at radius 2 is 1.34 bits per heavy atom. The molecule has 0 spiro atoms. The number of rotatable bonds is 28. The molecule has 1 aliphatic heterocycles. The van der Waals surface area contributed by atoms with Crippen molar-refractivity contribution in [2.45, 2.75) is 51.0 Å². The molecule has 4 rings (SSSR count). The molecule has 23 heteroatoms. The number of aromatic nitrogens is 2. The van der Waals surface area contributed by atoms with Gasteiger partial charge in [0.2, 0.25) is 23.3 Å². The van der Waals surface area contributed by atoms with Crippen LogP contribution in [0.3, 0.4) is 0 Å². The number of halogens is 4. The summed E-state index contributed by atoms with van der Waals surface area (Å²) in [4.78, 5) is 54.3. The molecular weight excluding hydrogens is 877 g/mol. The van der Waals surface area contributed by atoms with E-state index in [9.17, 15) is 40.4 Å². The van der Waals surface area contributed by atoms with Crippen LogP contribution < -0.4 is 15.8 Å². The molecular formula is C41H50F4N6O12S. The molecule has 2 heterocycles. The van der Waals surface area contributed by atoms with Gasteiger partial charge in [-0.1, -0.05) is 19.1 Å². The fourth-order valence-electron chi connectivity index (χ4n) is 5.63. The minimum atomic E-state index is -3.99. The van der Waals surface area contributed by atoms with Crippen molar-refractivity contribution in [3.8, 4) is 16.9 Å². The maximum Gasteiger partial charge on any atom is 0.313 e. The molecule has 0 radical (unpaired) electrons. The molecule has 0 saturated heterocycles. The standard InChI is InChI=1S/C41H50F4N6O12S/c1-3-9-51(62-4-2)41(54)28-20-27-6-5-26(21-30(27)50-31(46)22-28)29-23-47-32(48-24-29)25-49-33(52)7-10-57-12-14-59-16-18-61-19-17-60-15-13-58-11-8-34(53)63-39-35(42)37(44)40(64(55)56)38(45)36(39)43/h5-6,20-21,23-24,64H,3-4,7-19,22,25H2,1-2H3,(H2,46,50)(H,49,52). The van der Waals surface area contributed by atoms with Gasteiger partial charge in [-0.2, -0.15) is 8.78 Å². The lowest BCUT2D eigenvalue weighted by atomic mass is 10.0. The lowest BCUT2D eigenvalue weighted by Crippen LogP contribution is -2.34. The number of carbonyl (C=O) groups excluding carboxylic acids is 3. The first-order chi connectivity index (χ1) is 30.8. The topological polar surface area (TPSA) is 229 Å². The zero-order valence-electron chi connectivity index (χ0n) is 35.2. The Kier molecular flexibility index (Phi) is 21.6. The number of ether oxygens (including phenoxy) is 6. The van der Waals surface area contributed by atoms with Crippen LogP contribution in [0.4, 0.5) is 23.2 Å². The number of nitrogens with two attached hydrogens (primary N) is 1. The number of amides is 2. The van der Waals surface area contributed by atoms with E-state index in [0.29, 0.717) is 42.7 Å². The van der Waals surface area contributed by atoms with E-state index < -0.39 is 57.0 Å². The maximum atomic E-state index is 13.9. The highest BCUT2D eigenvalue weighted by molar-refractivity contribution is 7.72. The fraction of sp³-hybridized carbons (Fsp3) is 0.463. The summed E-state index contributed by atoms with van der Waals surface area (Å²) in [6.07, 6.45) is 5.61. The first-order valence-electron chi connectivity index (χ1n) is 20.1. The normalized spacial score (nSPS) is 12.4. The summed E-state index contributed by atoms with van der Waals surface area (Å²) in [6, 6.07) is 5.60. The van der Waals surface area contributed by atoms with E-state index in [-0.39, 0.29) is 90.7 Å². The number of nitrogens with zero attached hydrogens (tertiary/aromatic N) is 4. The fourth-order valence-corrected chi connectivity index (χ4v) is 6.15. The summed E-state index contributed by atoms with van der Waals surface area (Å²) in [5.41, 5.74) is 9.56. The Hall–Kier alpha value is -5.43. The summed E-state index contributed by atoms with van der Waals surface area (Å²) >= 11 is 0. The molecule has 0 bridgehead atoms. The smallest absolute Gasteiger partial charge is 0.313 e. The molecule has 0 fully saturated rings. The van der Waals surface area contributed by atoms with Crippen LogP contribution in [-0.4, -0.2) is 126 Å². The summed E-state index contributed by atoms with van der Waals surface area (Å²) in [5, 5.41) is 4.12. The summed E-state index contributed by atoms with van der Waals surface area (Å²) < 4.78 is 108. The van der Waals surface area contributed by atoms with Crippen molar-refractivity contribution in [2.75, 3.05) is 79.2 Å². The van der Waals surface area contributed by atoms with Gasteiger partial charge in [0, 0.05) is 48.5 Å². The van der Waals surface area contributed by atoms with E-state index >= 15 is 0 Å². The average molecular weight is 927 g/mol. The quantitative estimate of drug-likeness (QED) is 0.0179. The third kappa shape index (κ3) is 16.0. The van der Waals surface area contributed by atoms with E-state index in [1.807, 2.05) is 32.0 Å². The molecule has 0 atom stereocenters. The number of aliphatic imine (C=N–C) groups is 1. The van der Waals surface area contributed by atoms with E-state index in [1.165, 1.54) is 5.06 Å². The van der Waals surface area contributed by atoms with Gasteiger partial charge < -0.3 is 39.5 Å². The van der Waals surface area contributed by atoms with Gasteiger partial charge in [-0.3, -0.25) is 19.2 Å². The first-order valence-corrected chi connectivity index (χ1v) is 21.3. The Morgan fingerprint density at radius 3 is 1.89 bits per heavy atom. The van der Waals surface area contributed by atoms with E-state index in [0.717, 1.165) is 23.1 Å². The SMILES string of the molecule is CCCN(OCC)C(=O)C1=Cc2ccc(-c3cnc(CNC(=O)CCOCCOCCOCCOCCOCCC(=O)Oc4c(F)c(F)c([SH](=O)=O)c(F)c4F)nc3)cc2N=C(N)C1. The van der Waals surface area contributed by atoms with Crippen LogP contribution in [0.25, 0.3) is 17.2 Å². The molecule has 64 heavy (non-hydrogen) atoms. The van der Waals surface area contributed by atoms with E-state index in [4.69, 9.17) is 34.3 Å². The highest BCUT2D eigenvalue weighted by atomic mass is 32.2. The Morgan fingerprint density at radius 1 is 0.781 bits per heavy atom. The molecule has 3 N–H and O–H groups in total. The van der Waals surface area contributed by atoms with Crippen LogP contribution in [0.1, 0.15) is 50.9 Å². The lowest BCUT2D eigenvalue weighted by molar-refractivity contribution is -0.180. The number of esters is 1. The largest absolute Gasteiger partial charge is 0.420 e. The number of amidine groups is 1. The average Bonchev–Trinajstić information content (AvgIpc) is 3.44. The molecule has 2 amide bonds. The molecule has 3 aromatic rings. The van der Waals surface area contributed by atoms with Crippen molar-refractivity contribution >= 4 is 46.1 Å². The number of benzene rings is 2. The molecule has 2 aromatic carbocycles. The van der Waals surface area contributed by atoms with E-state index in [2.05, 4.69) is 25.0 Å². The van der Waals surface area contributed by atoms with E-state index in [1.54, 1.807) is 18.5 Å². The lowest BCUT2D eigenvalue weighted by Gasteiger charge is -2.21. The number of fused-ring (bicyclic) bond motifs is 1. The molecule has 0 aliphatic carbocycles. The Labute approximate surface area is 368 Å². The summed E-state index contributed by atoms with van der Waals surface area (Å²) in [5.74, 6) is -11.5. The van der Waals surface area contributed by atoms with Gasteiger partial charge in [0.15, 0.2) is 22.3 Å². The Balaban J connectivity index is 0.995. The predicted octanol–water partition coefficient (Wildman–Crippen LogP) is 3.72. The minimum absolute atomic E-state index is 0.0318. The number of carbonyl (C=O) groups is 3. The minimum Gasteiger partial charge on any atom is -0.420 e. The van der Waals surface area contributed by atoms with Crippen LogP contribution in [0.15, 0.2) is 46.1 Å². The molecule has 0 unspecified atom stereocenters. The van der Waals surface area contributed by atoms with Crippen molar-refractivity contribution in [2.24, 2.45) is 10.7 Å². The molecule has 1 aliphatic rings. The second-order valence-corrected chi connectivity index (χ2v) is 14.4. The highest BCUT2D eigenvalue weighted by Crippen LogP contribution is 2.33. The second kappa shape index (κ2) is 27.0.